The highest BCUT2D eigenvalue weighted by molar-refractivity contribution is 5.69. The molecule has 3 rings (SSSR count). The summed E-state index contributed by atoms with van der Waals surface area (Å²) in [6, 6.07) is 5.89. The lowest BCUT2D eigenvalue weighted by Gasteiger charge is -2.11. The van der Waals surface area contributed by atoms with Gasteiger partial charge in [0.05, 0.1) is 17.4 Å². The molecule has 1 amide bonds. The van der Waals surface area contributed by atoms with E-state index in [0.29, 0.717) is 17.0 Å². The van der Waals surface area contributed by atoms with Crippen LogP contribution in [0.4, 0.5) is 9.18 Å². The van der Waals surface area contributed by atoms with Gasteiger partial charge in [-0.3, -0.25) is 9.38 Å². The van der Waals surface area contributed by atoms with Gasteiger partial charge in [-0.1, -0.05) is 0 Å². The van der Waals surface area contributed by atoms with E-state index in [1.165, 1.54) is 12.3 Å². The monoisotopic (exact) mass is 300 g/mol. The number of hydrogen-bond donors (Lipinski definition) is 2. The second-order valence-corrected chi connectivity index (χ2v) is 4.83. The molecule has 6 nitrogen and oxygen atoms in total. The summed E-state index contributed by atoms with van der Waals surface area (Å²) < 4.78 is 15.2. The lowest BCUT2D eigenvalue weighted by Crippen LogP contribution is -2.25. The molecule has 3 aromatic rings. The summed E-state index contributed by atoms with van der Waals surface area (Å²) in [6.45, 7) is 1.69. The van der Waals surface area contributed by atoms with Crippen LogP contribution in [0.2, 0.25) is 0 Å². The van der Waals surface area contributed by atoms with Gasteiger partial charge in [0.1, 0.15) is 11.5 Å². The average Bonchev–Trinajstić information content (AvgIpc) is 2.86. The van der Waals surface area contributed by atoms with E-state index in [2.05, 4.69) is 15.3 Å². The maximum Gasteiger partial charge on any atom is 0.405 e. The van der Waals surface area contributed by atoms with E-state index in [9.17, 15) is 9.18 Å². The van der Waals surface area contributed by atoms with Crippen LogP contribution in [0.1, 0.15) is 18.7 Å². The maximum atomic E-state index is 13.6. The zero-order chi connectivity index (χ0) is 15.7. The van der Waals surface area contributed by atoms with Crippen molar-refractivity contribution in [3.05, 3.63) is 54.4 Å². The second kappa shape index (κ2) is 5.44. The molecule has 2 N–H and O–H groups in total. The van der Waals surface area contributed by atoms with Gasteiger partial charge in [0, 0.05) is 24.2 Å². The molecular weight excluding hydrogens is 287 g/mol. The summed E-state index contributed by atoms with van der Waals surface area (Å²) in [7, 11) is 0. The van der Waals surface area contributed by atoms with Crippen LogP contribution in [0, 0.1) is 5.82 Å². The molecule has 7 heteroatoms. The van der Waals surface area contributed by atoms with Gasteiger partial charge in [-0.05, 0) is 31.2 Å². The standard InChI is InChI=1S/C15H13FN4O2/c1-9(18-15(21)22)13-14(10-3-2-6-17-7-10)20-8-11(16)4-5-12(20)19-13/h2-9,18H,1H3,(H,21,22)/t9-/m0/s1. The highest BCUT2D eigenvalue weighted by Gasteiger charge is 2.20. The molecule has 0 aliphatic carbocycles. The Bertz CT molecular complexity index is 832. The number of nitrogens with zero attached hydrogens (tertiary/aromatic N) is 3. The van der Waals surface area contributed by atoms with E-state index < -0.39 is 18.0 Å². The highest BCUT2D eigenvalue weighted by Crippen LogP contribution is 2.29. The van der Waals surface area contributed by atoms with Gasteiger partial charge >= 0.3 is 6.09 Å². The van der Waals surface area contributed by atoms with Crippen molar-refractivity contribution in [3.63, 3.8) is 0 Å². The van der Waals surface area contributed by atoms with Gasteiger partial charge in [-0.25, -0.2) is 14.2 Å². The van der Waals surface area contributed by atoms with Crippen molar-refractivity contribution in [1.29, 1.82) is 0 Å². The number of pyridine rings is 2. The Hall–Kier alpha value is -2.96. The minimum atomic E-state index is -1.15. The number of hydrogen-bond acceptors (Lipinski definition) is 3. The van der Waals surface area contributed by atoms with Gasteiger partial charge in [0.15, 0.2) is 0 Å². The predicted octanol–water partition coefficient (Wildman–Crippen LogP) is 2.86. The normalized spacial score (nSPS) is 12.3. The molecule has 3 heterocycles. The van der Waals surface area contributed by atoms with Crippen LogP contribution in [-0.4, -0.2) is 25.6 Å². The van der Waals surface area contributed by atoms with E-state index in [0.717, 1.165) is 5.56 Å². The molecule has 0 unspecified atom stereocenters. The third-order valence-corrected chi connectivity index (χ3v) is 3.29. The van der Waals surface area contributed by atoms with Crippen LogP contribution in [-0.2, 0) is 0 Å². The molecule has 0 aromatic carbocycles. The lowest BCUT2D eigenvalue weighted by molar-refractivity contribution is 0.190. The zero-order valence-electron chi connectivity index (χ0n) is 11.7. The van der Waals surface area contributed by atoms with E-state index in [-0.39, 0.29) is 0 Å². The number of imidazole rings is 1. The minimum absolute atomic E-state index is 0.402. The second-order valence-electron chi connectivity index (χ2n) is 4.83. The summed E-state index contributed by atoms with van der Waals surface area (Å²) in [5.74, 6) is -0.402. The third kappa shape index (κ3) is 2.48. The summed E-state index contributed by atoms with van der Waals surface area (Å²) in [6.07, 6.45) is 3.44. The molecule has 3 aromatic heterocycles. The summed E-state index contributed by atoms with van der Waals surface area (Å²) in [5, 5.41) is 11.3. The van der Waals surface area contributed by atoms with E-state index in [1.807, 2.05) is 6.07 Å². The highest BCUT2D eigenvalue weighted by atomic mass is 19.1. The molecular formula is C15H13FN4O2. The van der Waals surface area contributed by atoms with Gasteiger partial charge in [0.2, 0.25) is 0 Å². The van der Waals surface area contributed by atoms with Gasteiger partial charge in [0.25, 0.3) is 0 Å². The Kier molecular flexibility index (Phi) is 3.46. The summed E-state index contributed by atoms with van der Waals surface area (Å²) in [5.41, 5.74) is 2.40. The van der Waals surface area contributed by atoms with E-state index in [1.54, 1.807) is 35.9 Å². The quantitative estimate of drug-likeness (QED) is 0.779. The van der Waals surface area contributed by atoms with Gasteiger partial charge in [-0.2, -0.15) is 0 Å². The number of amides is 1. The van der Waals surface area contributed by atoms with E-state index in [4.69, 9.17) is 5.11 Å². The van der Waals surface area contributed by atoms with Gasteiger partial charge < -0.3 is 10.4 Å². The predicted molar refractivity (Wildman–Crippen MR) is 78.0 cm³/mol. The van der Waals surface area contributed by atoms with Crippen LogP contribution in [0.3, 0.4) is 0 Å². The first-order valence-electron chi connectivity index (χ1n) is 6.63. The lowest BCUT2D eigenvalue weighted by atomic mass is 10.1. The van der Waals surface area contributed by atoms with Crippen molar-refractivity contribution >= 4 is 11.7 Å². The smallest absolute Gasteiger partial charge is 0.405 e. The van der Waals surface area contributed by atoms with Crippen LogP contribution >= 0.6 is 0 Å². The molecule has 22 heavy (non-hydrogen) atoms. The summed E-state index contributed by atoms with van der Waals surface area (Å²) in [4.78, 5) is 19.4. The first-order chi connectivity index (χ1) is 10.6. The molecule has 0 saturated carbocycles. The Morgan fingerprint density at radius 1 is 1.41 bits per heavy atom. The molecule has 0 fully saturated rings. The maximum absolute atomic E-state index is 13.6. The van der Waals surface area contributed by atoms with Crippen molar-refractivity contribution in [3.8, 4) is 11.3 Å². The molecule has 1 atom stereocenters. The van der Waals surface area contributed by atoms with Crippen LogP contribution in [0.25, 0.3) is 16.9 Å². The molecule has 0 spiro atoms. The third-order valence-electron chi connectivity index (χ3n) is 3.29. The SMILES string of the molecule is C[C@H](NC(=O)O)c1nc2ccc(F)cn2c1-c1cccnc1. The Balaban J connectivity index is 2.25. The number of halogens is 1. The van der Waals surface area contributed by atoms with E-state index >= 15 is 0 Å². The molecule has 112 valence electrons. The fourth-order valence-electron chi connectivity index (χ4n) is 2.38. The zero-order valence-corrected chi connectivity index (χ0v) is 11.7. The number of fused-ring (bicyclic) bond motifs is 1. The largest absolute Gasteiger partial charge is 0.465 e. The molecule has 0 radical (unpaired) electrons. The minimum Gasteiger partial charge on any atom is -0.465 e. The molecule has 0 aliphatic rings. The number of rotatable bonds is 3. The topological polar surface area (TPSA) is 79.5 Å². The summed E-state index contributed by atoms with van der Waals surface area (Å²) >= 11 is 0. The number of carboxylic acid groups (broad SMARTS) is 1. The first kappa shape index (κ1) is 14.0. The fourth-order valence-corrected chi connectivity index (χ4v) is 2.38. The molecule has 0 aliphatic heterocycles. The Morgan fingerprint density at radius 3 is 2.91 bits per heavy atom. The Labute approximate surface area is 125 Å². The average molecular weight is 300 g/mol. The van der Waals surface area contributed by atoms with Crippen molar-refractivity contribution in [2.75, 3.05) is 0 Å². The molecule has 0 saturated heterocycles. The number of aromatic nitrogens is 3. The first-order valence-corrected chi connectivity index (χ1v) is 6.63. The number of carbonyl (C=O) groups is 1. The van der Waals surface area contributed by atoms with Crippen LogP contribution in [0.5, 0.6) is 0 Å². The number of nitrogens with one attached hydrogen (secondary N) is 1. The van der Waals surface area contributed by atoms with Crippen molar-refractivity contribution in [2.24, 2.45) is 0 Å². The van der Waals surface area contributed by atoms with Crippen molar-refractivity contribution in [1.82, 2.24) is 19.7 Å². The van der Waals surface area contributed by atoms with Crippen molar-refractivity contribution < 1.29 is 14.3 Å². The fraction of sp³-hybridized carbons (Fsp3) is 0.133. The van der Waals surface area contributed by atoms with Crippen LogP contribution in [0.15, 0.2) is 42.9 Å². The van der Waals surface area contributed by atoms with Crippen molar-refractivity contribution in [2.45, 2.75) is 13.0 Å². The Morgan fingerprint density at radius 2 is 2.23 bits per heavy atom. The van der Waals surface area contributed by atoms with Gasteiger partial charge in [-0.15, -0.1) is 0 Å². The van der Waals surface area contributed by atoms with Crippen LogP contribution < -0.4 is 5.32 Å². The molecule has 0 bridgehead atoms.